The van der Waals surface area contributed by atoms with E-state index in [1.165, 1.54) is 12.5 Å². The molecule has 0 radical (unpaired) electrons. The zero-order valence-corrected chi connectivity index (χ0v) is 19.7. The number of hydrogen-bond acceptors (Lipinski definition) is 8. The minimum atomic E-state index is -0.597. The van der Waals surface area contributed by atoms with Crippen LogP contribution >= 0.6 is 11.6 Å². The van der Waals surface area contributed by atoms with Gasteiger partial charge in [0.25, 0.3) is 11.5 Å². The van der Waals surface area contributed by atoms with Gasteiger partial charge in [0.15, 0.2) is 0 Å². The molecule has 0 spiro atoms. The molecule has 4 N–H and O–H groups in total. The van der Waals surface area contributed by atoms with Crippen LogP contribution in [0.5, 0.6) is 0 Å². The molecule has 1 aliphatic carbocycles. The van der Waals surface area contributed by atoms with Crippen molar-refractivity contribution < 1.29 is 23.8 Å². The molecular weight excluding hydrogens is 452 g/mol. The summed E-state index contributed by atoms with van der Waals surface area (Å²) in [5.41, 5.74) is 4.87. The Morgan fingerprint density at radius 1 is 1.27 bits per heavy atom. The minimum absolute atomic E-state index is 0.0192. The summed E-state index contributed by atoms with van der Waals surface area (Å²) in [7, 11) is 1.58. The summed E-state index contributed by atoms with van der Waals surface area (Å²) in [5, 5.41) is 2.97. The quantitative estimate of drug-likeness (QED) is 0.352. The van der Waals surface area contributed by atoms with Crippen LogP contribution in [0.4, 0.5) is 5.82 Å². The van der Waals surface area contributed by atoms with E-state index in [0.29, 0.717) is 32.7 Å². The summed E-state index contributed by atoms with van der Waals surface area (Å²) < 4.78 is 16.5. The summed E-state index contributed by atoms with van der Waals surface area (Å²) in [6.07, 6.45) is 5.72. The number of methoxy groups -OCH3 is 1. The number of nitrogens with one attached hydrogen (secondary N) is 2. The van der Waals surface area contributed by atoms with E-state index < -0.39 is 11.5 Å². The standard InChI is InChI=1S/C22H33ClN4O6/c1-31-18-12-27(9-10-32-13-19(28)33-14-5-3-2-4-6-14)8-7-17(18)25-21(29)15-11-16(23)20(24)26-22(15)30/h11,14,17-18H,2-10,12-13H2,1H3,(H,25,29)(H3,24,26,30)/t17-,18+/m1/s1. The minimum Gasteiger partial charge on any atom is -0.461 e. The Labute approximate surface area is 198 Å². The molecule has 1 amide bonds. The number of H-pyrrole nitrogens is 1. The summed E-state index contributed by atoms with van der Waals surface area (Å²) >= 11 is 5.93. The van der Waals surface area contributed by atoms with Gasteiger partial charge in [-0.15, -0.1) is 0 Å². The maximum absolute atomic E-state index is 12.6. The molecule has 2 fully saturated rings. The Balaban J connectivity index is 1.40. The highest BCUT2D eigenvalue weighted by atomic mass is 35.5. The summed E-state index contributed by atoms with van der Waals surface area (Å²) in [6.45, 7) is 2.27. The number of nitrogen functional groups attached to an aromatic ring is 1. The summed E-state index contributed by atoms with van der Waals surface area (Å²) in [6, 6.07) is 0.999. The second kappa shape index (κ2) is 12.4. The van der Waals surface area contributed by atoms with Gasteiger partial charge in [0.2, 0.25) is 0 Å². The molecule has 0 bridgehead atoms. The van der Waals surface area contributed by atoms with Gasteiger partial charge in [-0.25, -0.2) is 4.79 Å². The fourth-order valence-corrected chi connectivity index (χ4v) is 4.43. The number of piperidine rings is 1. The highest BCUT2D eigenvalue weighted by Crippen LogP contribution is 2.20. The first-order valence-electron chi connectivity index (χ1n) is 11.4. The Hall–Kier alpha value is -2.14. The Bertz CT molecular complexity index is 873. The van der Waals surface area contributed by atoms with Crippen molar-refractivity contribution in [3.8, 4) is 0 Å². The topological polar surface area (TPSA) is 136 Å². The number of likely N-dealkylation sites (tertiary alicyclic amines) is 1. The number of esters is 1. The van der Waals surface area contributed by atoms with E-state index in [-0.39, 0.29) is 47.2 Å². The van der Waals surface area contributed by atoms with Crippen LogP contribution in [0, 0.1) is 0 Å². The molecule has 2 heterocycles. The van der Waals surface area contributed by atoms with Gasteiger partial charge in [-0.05, 0) is 38.2 Å². The fraction of sp³-hybridized carbons (Fsp3) is 0.682. The first-order chi connectivity index (χ1) is 15.9. The van der Waals surface area contributed by atoms with E-state index in [0.717, 1.165) is 25.7 Å². The lowest BCUT2D eigenvalue weighted by Crippen LogP contribution is -2.55. The van der Waals surface area contributed by atoms with Crippen molar-refractivity contribution in [2.24, 2.45) is 0 Å². The van der Waals surface area contributed by atoms with Crippen molar-refractivity contribution in [2.45, 2.75) is 56.8 Å². The Morgan fingerprint density at radius 3 is 2.76 bits per heavy atom. The van der Waals surface area contributed by atoms with Crippen LogP contribution in [0.3, 0.4) is 0 Å². The number of aromatic amines is 1. The molecular formula is C22H33ClN4O6. The van der Waals surface area contributed by atoms with E-state index in [9.17, 15) is 14.4 Å². The maximum Gasteiger partial charge on any atom is 0.332 e. The van der Waals surface area contributed by atoms with Crippen LogP contribution in [0.2, 0.25) is 5.02 Å². The lowest BCUT2D eigenvalue weighted by atomic mass is 9.98. The predicted octanol–water partition coefficient (Wildman–Crippen LogP) is 1.32. The Kier molecular flexibility index (Phi) is 9.54. The van der Waals surface area contributed by atoms with Gasteiger partial charge in [0, 0.05) is 26.7 Å². The number of amides is 1. The van der Waals surface area contributed by atoms with Gasteiger partial charge >= 0.3 is 5.97 Å². The molecule has 1 saturated heterocycles. The number of pyridine rings is 1. The lowest BCUT2D eigenvalue weighted by molar-refractivity contribution is -0.156. The molecule has 2 aliphatic rings. The van der Waals surface area contributed by atoms with E-state index in [1.54, 1.807) is 7.11 Å². The molecule has 33 heavy (non-hydrogen) atoms. The van der Waals surface area contributed by atoms with Gasteiger partial charge in [0.1, 0.15) is 24.1 Å². The predicted molar refractivity (Wildman–Crippen MR) is 123 cm³/mol. The molecule has 184 valence electrons. The third kappa shape index (κ3) is 7.43. The molecule has 0 aromatic carbocycles. The first kappa shape index (κ1) is 25.5. The first-order valence-corrected chi connectivity index (χ1v) is 11.8. The average molecular weight is 485 g/mol. The number of halogens is 1. The highest BCUT2D eigenvalue weighted by Gasteiger charge is 2.31. The van der Waals surface area contributed by atoms with Crippen LogP contribution in [0.15, 0.2) is 10.9 Å². The van der Waals surface area contributed by atoms with E-state index in [4.69, 9.17) is 31.5 Å². The molecule has 0 unspecified atom stereocenters. The number of nitrogens with two attached hydrogens (primary N) is 1. The molecule has 1 saturated carbocycles. The van der Waals surface area contributed by atoms with Crippen molar-refractivity contribution in [3.05, 3.63) is 27.0 Å². The monoisotopic (exact) mass is 484 g/mol. The van der Waals surface area contributed by atoms with E-state index in [1.807, 2.05) is 0 Å². The van der Waals surface area contributed by atoms with Crippen LogP contribution in [-0.4, -0.2) is 80.0 Å². The van der Waals surface area contributed by atoms with E-state index >= 15 is 0 Å². The molecule has 11 heteroatoms. The maximum atomic E-state index is 12.6. The smallest absolute Gasteiger partial charge is 0.332 e. The van der Waals surface area contributed by atoms with Crippen molar-refractivity contribution in [3.63, 3.8) is 0 Å². The van der Waals surface area contributed by atoms with Gasteiger partial charge in [0.05, 0.1) is 23.8 Å². The molecule has 10 nitrogen and oxygen atoms in total. The van der Waals surface area contributed by atoms with Gasteiger partial charge in [-0.3, -0.25) is 14.5 Å². The molecule has 2 atom stereocenters. The van der Waals surface area contributed by atoms with Crippen molar-refractivity contribution >= 4 is 29.3 Å². The Morgan fingerprint density at radius 2 is 2.03 bits per heavy atom. The number of nitrogens with zero attached hydrogens (tertiary/aromatic N) is 1. The van der Waals surface area contributed by atoms with Gasteiger partial charge < -0.3 is 30.2 Å². The van der Waals surface area contributed by atoms with Crippen molar-refractivity contribution in [1.29, 1.82) is 0 Å². The van der Waals surface area contributed by atoms with Crippen LogP contribution in [-0.2, 0) is 19.0 Å². The number of carbonyl (C=O) groups excluding carboxylic acids is 2. The molecule has 1 aliphatic heterocycles. The average Bonchev–Trinajstić information content (AvgIpc) is 2.80. The third-order valence-corrected chi connectivity index (χ3v) is 6.46. The normalized spacial score (nSPS) is 22.1. The molecule has 3 rings (SSSR count). The molecule has 1 aromatic heterocycles. The second-order valence-electron chi connectivity index (χ2n) is 8.52. The number of rotatable bonds is 9. The second-order valence-corrected chi connectivity index (χ2v) is 8.93. The molecule has 1 aromatic rings. The van der Waals surface area contributed by atoms with Crippen LogP contribution < -0.4 is 16.6 Å². The number of ether oxygens (including phenoxy) is 3. The van der Waals surface area contributed by atoms with E-state index in [2.05, 4.69) is 15.2 Å². The number of hydrogen-bond donors (Lipinski definition) is 3. The summed E-state index contributed by atoms with van der Waals surface area (Å²) in [4.78, 5) is 41.1. The zero-order valence-electron chi connectivity index (χ0n) is 18.9. The number of carbonyl (C=O) groups is 2. The SMILES string of the molecule is CO[C@H]1CN(CCOCC(=O)OC2CCCCC2)CC[C@H]1NC(=O)c1cc(Cl)c(N)[nH]c1=O. The third-order valence-electron chi connectivity index (χ3n) is 6.15. The van der Waals surface area contributed by atoms with Gasteiger partial charge in [-0.2, -0.15) is 0 Å². The summed E-state index contributed by atoms with van der Waals surface area (Å²) in [5.74, 6) is -0.819. The van der Waals surface area contributed by atoms with Crippen LogP contribution in [0.1, 0.15) is 48.9 Å². The van der Waals surface area contributed by atoms with Gasteiger partial charge in [-0.1, -0.05) is 18.0 Å². The lowest BCUT2D eigenvalue weighted by Gasteiger charge is -2.38. The highest BCUT2D eigenvalue weighted by molar-refractivity contribution is 6.33. The number of aromatic nitrogens is 1. The van der Waals surface area contributed by atoms with Crippen molar-refractivity contribution in [1.82, 2.24) is 15.2 Å². The fourth-order valence-electron chi connectivity index (χ4n) is 4.27. The van der Waals surface area contributed by atoms with Crippen LogP contribution in [0.25, 0.3) is 0 Å². The largest absolute Gasteiger partial charge is 0.461 e. The zero-order chi connectivity index (χ0) is 23.8. The van der Waals surface area contributed by atoms with Crippen molar-refractivity contribution in [2.75, 3.05) is 45.7 Å². The number of anilines is 1.